The number of rotatable bonds is 6. The van der Waals surface area contributed by atoms with E-state index < -0.39 is 0 Å². The van der Waals surface area contributed by atoms with Crippen LogP contribution in [0.1, 0.15) is 31.0 Å². The largest absolute Gasteiger partial charge is 0.453 e. The molecule has 0 saturated heterocycles. The van der Waals surface area contributed by atoms with Gasteiger partial charge in [0.25, 0.3) is 0 Å². The minimum absolute atomic E-state index is 0.176. The average molecular weight is 264 g/mol. The van der Waals surface area contributed by atoms with E-state index in [0.29, 0.717) is 6.54 Å². The lowest BCUT2D eigenvalue weighted by atomic mass is 10.0. The summed E-state index contributed by atoms with van der Waals surface area (Å²) in [5, 5.41) is 2.79. The molecule has 1 aromatic rings. The summed E-state index contributed by atoms with van der Waals surface area (Å²) >= 11 is 0. The number of benzene rings is 1. The third kappa shape index (κ3) is 4.56. The van der Waals surface area contributed by atoms with Crippen LogP contribution in [0, 0.1) is 6.92 Å². The first-order valence-electron chi connectivity index (χ1n) is 6.74. The Hall–Kier alpha value is -1.55. The molecule has 0 aliphatic carbocycles. The monoisotopic (exact) mass is 264 g/mol. The van der Waals surface area contributed by atoms with Crippen molar-refractivity contribution < 1.29 is 9.53 Å². The smallest absolute Gasteiger partial charge is 0.406 e. The molecule has 1 atom stereocenters. The standard InChI is InChI=1S/C15H24N2O2/c1-5-17(6-2)14(11-16-15(18)19-4)13-9-7-12(3)8-10-13/h7-10,14H,5-6,11H2,1-4H3,(H,16,18). The van der Waals surface area contributed by atoms with Crippen LogP contribution in [0.5, 0.6) is 0 Å². The van der Waals surface area contributed by atoms with Crippen molar-refractivity contribution in [2.24, 2.45) is 0 Å². The van der Waals surface area contributed by atoms with Gasteiger partial charge in [-0.1, -0.05) is 43.7 Å². The van der Waals surface area contributed by atoms with E-state index in [1.54, 1.807) is 0 Å². The number of carbonyl (C=O) groups is 1. The van der Waals surface area contributed by atoms with E-state index in [1.165, 1.54) is 18.2 Å². The van der Waals surface area contributed by atoms with Crippen molar-refractivity contribution in [3.05, 3.63) is 35.4 Å². The zero-order valence-electron chi connectivity index (χ0n) is 12.3. The molecule has 0 spiro atoms. The number of carbonyl (C=O) groups excluding carboxylic acids is 1. The van der Waals surface area contributed by atoms with Crippen LogP contribution in [0.4, 0.5) is 4.79 Å². The molecule has 0 aromatic heterocycles. The zero-order chi connectivity index (χ0) is 14.3. The first kappa shape index (κ1) is 15.5. The Balaban J connectivity index is 2.84. The lowest BCUT2D eigenvalue weighted by Gasteiger charge is -2.30. The number of ether oxygens (including phenoxy) is 1. The molecule has 1 N–H and O–H groups in total. The van der Waals surface area contributed by atoms with Gasteiger partial charge in [0.15, 0.2) is 0 Å². The predicted octanol–water partition coefficient (Wildman–Crippen LogP) is 2.73. The number of aryl methyl sites for hydroxylation is 1. The molecule has 1 unspecified atom stereocenters. The average Bonchev–Trinajstić information content (AvgIpc) is 2.44. The number of nitrogens with zero attached hydrogens (tertiary/aromatic N) is 1. The first-order valence-corrected chi connectivity index (χ1v) is 6.74. The molecule has 0 heterocycles. The summed E-state index contributed by atoms with van der Waals surface area (Å²) in [6.45, 7) is 8.77. The molecule has 0 aliphatic rings. The van der Waals surface area contributed by atoms with Crippen molar-refractivity contribution >= 4 is 6.09 Å². The minimum Gasteiger partial charge on any atom is -0.453 e. The van der Waals surface area contributed by atoms with Crippen molar-refractivity contribution in [2.45, 2.75) is 26.8 Å². The van der Waals surface area contributed by atoms with Crippen LogP contribution < -0.4 is 5.32 Å². The maximum Gasteiger partial charge on any atom is 0.406 e. The van der Waals surface area contributed by atoms with Crippen LogP contribution >= 0.6 is 0 Å². The molecule has 0 aliphatic heterocycles. The number of amides is 1. The summed E-state index contributed by atoms with van der Waals surface area (Å²) in [4.78, 5) is 13.6. The Labute approximate surface area is 115 Å². The Morgan fingerprint density at radius 2 is 1.84 bits per heavy atom. The lowest BCUT2D eigenvalue weighted by Crippen LogP contribution is -2.38. The van der Waals surface area contributed by atoms with Crippen LogP contribution in [0.3, 0.4) is 0 Å². The predicted molar refractivity (Wildman–Crippen MR) is 77.2 cm³/mol. The van der Waals surface area contributed by atoms with E-state index in [0.717, 1.165) is 13.1 Å². The highest BCUT2D eigenvalue weighted by atomic mass is 16.5. The van der Waals surface area contributed by atoms with E-state index in [-0.39, 0.29) is 12.1 Å². The summed E-state index contributed by atoms with van der Waals surface area (Å²) in [6, 6.07) is 8.62. The Morgan fingerprint density at radius 3 is 2.32 bits per heavy atom. The van der Waals surface area contributed by atoms with Crippen LogP contribution in [0.2, 0.25) is 0 Å². The molecule has 1 rings (SSSR count). The van der Waals surface area contributed by atoms with Gasteiger partial charge in [-0.15, -0.1) is 0 Å². The fourth-order valence-electron chi connectivity index (χ4n) is 2.16. The number of likely N-dealkylation sites (N-methyl/N-ethyl adjacent to an activating group) is 1. The first-order chi connectivity index (χ1) is 9.12. The third-order valence-electron chi connectivity index (χ3n) is 3.34. The molecule has 1 amide bonds. The summed E-state index contributed by atoms with van der Waals surface area (Å²) < 4.78 is 4.63. The maximum absolute atomic E-state index is 11.2. The molecular formula is C15H24N2O2. The van der Waals surface area contributed by atoms with Gasteiger partial charge in [-0.25, -0.2) is 4.79 Å². The van der Waals surface area contributed by atoms with Crippen LogP contribution in [0.15, 0.2) is 24.3 Å². The number of hydrogen-bond acceptors (Lipinski definition) is 3. The normalized spacial score (nSPS) is 12.3. The van der Waals surface area contributed by atoms with Gasteiger partial charge in [0.2, 0.25) is 0 Å². The number of methoxy groups -OCH3 is 1. The zero-order valence-corrected chi connectivity index (χ0v) is 12.3. The Kier molecular flexibility index (Phi) is 6.36. The number of nitrogens with one attached hydrogen (secondary N) is 1. The molecule has 0 saturated carbocycles. The molecule has 1 aromatic carbocycles. The van der Waals surface area contributed by atoms with Gasteiger partial charge in [0, 0.05) is 6.54 Å². The van der Waals surface area contributed by atoms with E-state index in [4.69, 9.17) is 0 Å². The fourth-order valence-corrected chi connectivity index (χ4v) is 2.16. The summed E-state index contributed by atoms with van der Waals surface area (Å²) in [6.07, 6.45) is -0.385. The van der Waals surface area contributed by atoms with Gasteiger partial charge < -0.3 is 10.1 Å². The molecule has 19 heavy (non-hydrogen) atoms. The van der Waals surface area contributed by atoms with Gasteiger partial charge in [-0.3, -0.25) is 4.90 Å². The SMILES string of the molecule is CCN(CC)C(CNC(=O)OC)c1ccc(C)cc1. The molecule has 0 fully saturated rings. The van der Waals surface area contributed by atoms with Crippen molar-refractivity contribution in [3.8, 4) is 0 Å². The van der Waals surface area contributed by atoms with Crippen molar-refractivity contribution in [3.63, 3.8) is 0 Å². The van der Waals surface area contributed by atoms with Gasteiger partial charge in [0.1, 0.15) is 0 Å². The molecule has 4 nitrogen and oxygen atoms in total. The van der Waals surface area contributed by atoms with E-state index in [2.05, 4.69) is 60.0 Å². The highest BCUT2D eigenvalue weighted by Gasteiger charge is 2.18. The van der Waals surface area contributed by atoms with Gasteiger partial charge in [-0.05, 0) is 25.6 Å². The van der Waals surface area contributed by atoms with E-state index in [1.807, 2.05) is 0 Å². The fraction of sp³-hybridized carbons (Fsp3) is 0.533. The topological polar surface area (TPSA) is 41.6 Å². The molecule has 0 bridgehead atoms. The number of hydrogen-bond donors (Lipinski definition) is 1. The van der Waals surface area contributed by atoms with Gasteiger partial charge in [0.05, 0.1) is 13.2 Å². The second kappa shape index (κ2) is 7.79. The van der Waals surface area contributed by atoms with E-state index >= 15 is 0 Å². The summed E-state index contributed by atoms with van der Waals surface area (Å²) in [7, 11) is 1.38. The molecular weight excluding hydrogens is 240 g/mol. The maximum atomic E-state index is 11.2. The van der Waals surface area contributed by atoms with Crippen LogP contribution in [-0.2, 0) is 4.74 Å². The quantitative estimate of drug-likeness (QED) is 0.859. The Bertz CT molecular complexity index is 386. The lowest BCUT2D eigenvalue weighted by molar-refractivity contribution is 0.160. The van der Waals surface area contributed by atoms with E-state index in [9.17, 15) is 4.79 Å². The second-order valence-electron chi connectivity index (χ2n) is 4.52. The molecule has 0 radical (unpaired) electrons. The highest BCUT2D eigenvalue weighted by Crippen LogP contribution is 2.20. The van der Waals surface area contributed by atoms with Crippen molar-refractivity contribution in [1.29, 1.82) is 0 Å². The number of alkyl carbamates (subject to hydrolysis) is 1. The van der Waals surface area contributed by atoms with Crippen molar-refractivity contribution in [1.82, 2.24) is 10.2 Å². The molecule has 4 heteroatoms. The van der Waals surface area contributed by atoms with Crippen LogP contribution in [-0.4, -0.2) is 37.7 Å². The molecule has 106 valence electrons. The third-order valence-corrected chi connectivity index (χ3v) is 3.34. The minimum atomic E-state index is -0.385. The highest BCUT2D eigenvalue weighted by molar-refractivity contribution is 5.66. The second-order valence-corrected chi connectivity index (χ2v) is 4.52. The Morgan fingerprint density at radius 1 is 1.26 bits per heavy atom. The van der Waals surface area contributed by atoms with Crippen LogP contribution in [0.25, 0.3) is 0 Å². The van der Waals surface area contributed by atoms with Gasteiger partial charge >= 0.3 is 6.09 Å². The van der Waals surface area contributed by atoms with Crippen molar-refractivity contribution in [2.75, 3.05) is 26.7 Å². The van der Waals surface area contributed by atoms with Gasteiger partial charge in [-0.2, -0.15) is 0 Å². The summed E-state index contributed by atoms with van der Waals surface area (Å²) in [5.74, 6) is 0. The summed E-state index contributed by atoms with van der Waals surface area (Å²) in [5.41, 5.74) is 2.45.